The summed E-state index contributed by atoms with van der Waals surface area (Å²) in [4.78, 5) is 45.7. The van der Waals surface area contributed by atoms with E-state index in [1.54, 1.807) is 98.1 Å². The maximum absolute atomic E-state index is 12.2. The van der Waals surface area contributed by atoms with Crippen molar-refractivity contribution in [1.82, 2.24) is 30.6 Å². The van der Waals surface area contributed by atoms with Gasteiger partial charge >= 0.3 is 121 Å². The summed E-state index contributed by atoms with van der Waals surface area (Å²) in [7, 11) is 4.36. The second-order valence-corrected chi connectivity index (χ2v) is 18.2. The molecule has 10 rings (SSSR count). The fourth-order valence-corrected chi connectivity index (χ4v) is 7.83. The zero-order valence-corrected chi connectivity index (χ0v) is 55.9. The molecule has 9 aromatic rings. The maximum Gasteiger partial charge on any atom is 1.00 e. The van der Waals surface area contributed by atoms with Crippen molar-refractivity contribution in [1.29, 1.82) is 0 Å². The number of carbonyl (C=O) groups is 4. The maximum atomic E-state index is 12.2. The third kappa shape index (κ3) is 29.4. The van der Waals surface area contributed by atoms with Gasteiger partial charge in [0.25, 0.3) is 24.1 Å². The SMILES string of the molecule is C.C.C.C.C.COC(=O)C(Br)c1ccccc1.COC(=O)C(Oc1ccc(Cl)cc1-c1nnco1)c1ccccc1.COC1CCCO1.O=C(O)C(Oc1ccc(Cl)cc1-c1nnco1)c1ccccc1.O=CO[O-].Oc1ccc(Cl)cc1-c1nnco1.[H-].[K+].[K+]. The largest absolute Gasteiger partial charge is 1.00 e. The van der Waals surface area contributed by atoms with E-state index in [2.05, 4.69) is 56.1 Å². The van der Waals surface area contributed by atoms with Crippen LogP contribution in [-0.4, -0.2) is 99.4 Å². The van der Waals surface area contributed by atoms with Crippen LogP contribution in [0.4, 0.5) is 0 Å². The number of esters is 2. The van der Waals surface area contributed by atoms with E-state index >= 15 is 0 Å². The van der Waals surface area contributed by atoms with Crippen LogP contribution in [0.15, 0.2) is 178 Å². The molecule has 4 unspecified atom stereocenters. The Morgan fingerprint density at radius 2 is 0.978 bits per heavy atom. The van der Waals surface area contributed by atoms with Crippen LogP contribution in [0.5, 0.6) is 17.2 Å². The standard InChI is InChI=1S/C17H13ClN2O4.C16H11ClN2O4.C9H9BrO2.C8H5ClN2O2.C5H10O2.CH2O3.5CH4.2K.H/c1-22-17(21)15(11-5-3-2-4-6-11)24-14-8-7-12(18)9-13(14)16-20-19-10-23-16;17-11-6-7-13(12(8-11)15-19-18-9-22-15)23-14(16(20)21)10-4-2-1-3-5-10;1-12-9(11)8(10)7-5-3-2-4-6-7;9-5-1-2-7(12)6(3-5)8-11-10-4-13-8;1-6-5-3-2-4-7-5;2-1-4-3;;;;;;;;/h2-10,15H,1H3;1-9,14H,(H,20,21);2-6,8H,1H3;1-4,12H;5H,2-4H2,1H3;1,3H;5*1H4;;;/q;;;;;;;;;;;2*+1;-1/p-1. The van der Waals surface area contributed by atoms with E-state index < -0.39 is 24.1 Å². The van der Waals surface area contributed by atoms with Crippen LogP contribution in [0.1, 0.15) is 85.1 Å². The van der Waals surface area contributed by atoms with Gasteiger partial charge in [-0.2, -0.15) is 0 Å². The first-order chi connectivity index (χ1) is 40.2. The van der Waals surface area contributed by atoms with E-state index in [9.17, 15) is 24.6 Å². The molecule has 1 saturated heterocycles. The molecule has 3 aromatic heterocycles. The Morgan fingerprint density at radius 3 is 1.32 bits per heavy atom. The number of aromatic hydroxyl groups is 1. The van der Waals surface area contributed by atoms with Crippen molar-refractivity contribution in [2.75, 3.05) is 27.9 Å². The van der Waals surface area contributed by atoms with E-state index in [0.717, 1.165) is 25.0 Å². The number of phenolic OH excluding ortho intramolecular Hbond substituents is 1. The molecule has 1 fully saturated rings. The number of hydrogen-bond donors (Lipinski definition) is 2. The summed E-state index contributed by atoms with van der Waals surface area (Å²) in [5.41, 5.74) is 3.44. The molecule has 476 valence electrons. The number of carbonyl (C=O) groups excluding carboxylic acids is 3. The summed E-state index contributed by atoms with van der Waals surface area (Å²) in [5.74, 6) is -0.494. The molecule has 6 aromatic carbocycles. The Morgan fingerprint density at radius 1 is 0.600 bits per heavy atom. The first-order valence-electron chi connectivity index (χ1n) is 24.0. The number of nitrogens with zero attached hydrogens (tertiary/aromatic N) is 6. The predicted molar refractivity (Wildman–Crippen MR) is 333 cm³/mol. The molecule has 1 aliphatic heterocycles. The Bertz CT molecular complexity index is 3360. The number of carboxylic acids is 1. The molecule has 29 heteroatoms. The molecule has 23 nitrogen and oxygen atoms in total. The summed E-state index contributed by atoms with van der Waals surface area (Å²) in [6, 6.07) is 41.4. The number of benzene rings is 6. The minimum Gasteiger partial charge on any atom is -1.00 e. The van der Waals surface area contributed by atoms with Gasteiger partial charge in [0.1, 0.15) is 22.1 Å². The number of halogens is 4. The second kappa shape index (κ2) is 49.2. The number of alkyl halides is 1. The van der Waals surface area contributed by atoms with Crippen molar-refractivity contribution >= 4 is 75.1 Å². The van der Waals surface area contributed by atoms with Gasteiger partial charge in [-0.25, -0.2) is 9.59 Å². The molecule has 0 amide bonds. The molecular weight excluding hydrogens is 1350 g/mol. The molecule has 2 N–H and O–H groups in total. The Hall–Kier alpha value is -5.48. The quantitative estimate of drug-likeness (QED) is 0.0244. The van der Waals surface area contributed by atoms with Gasteiger partial charge in [0.05, 0.1) is 30.9 Å². The Labute approximate surface area is 632 Å². The Kier molecular flexibility index (Phi) is 48.5. The van der Waals surface area contributed by atoms with Crippen molar-refractivity contribution in [3.63, 3.8) is 0 Å². The monoisotopic (exact) mass is 1420 g/mol. The molecule has 0 spiro atoms. The molecule has 0 bridgehead atoms. The number of phenols is 1. The molecule has 4 heterocycles. The van der Waals surface area contributed by atoms with Gasteiger partial charge in [-0.1, -0.05) is 179 Å². The van der Waals surface area contributed by atoms with Gasteiger partial charge in [0.15, 0.2) is 6.29 Å². The number of hydrogen-bond acceptors (Lipinski definition) is 22. The van der Waals surface area contributed by atoms with Crippen molar-refractivity contribution in [2.24, 2.45) is 0 Å². The van der Waals surface area contributed by atoms with E-state index in [-0.39, 0.29) is 194 Å². The summed E-state index contributed by atoms with van der Waals surface area (Å²) < 4.78 is 46.3. The zero-order valence-electron chi connectivity index (χ0n) is 46.8. The Balaban J connectivity index is -0.000000524. The minimum absolute atomic E-state index is 0. The number of rotatable bonds is 15. The summed E-state index contributed by atoms with van der Waals surface area (Å²) in [5, 5.41) is 50.8. The predicted octanol–water partition coefficient (Wildman–Crippen LogP) is 8.17. The molecule has 4 atom stereocenters. The molecule has 1 aliphatic rings. The van der Waals surface area contributed by atoms with Gasteiger partial charge in [-0.05, 0) is 66.6 Å². The molecular formula is C61H70BrCl3K2N6O17. The summed E-state index contributed by atoms with van der Waals surface area (Å²) in [6.45, 7) is 0.693. The fraction of sp³-hybridized carbons (Fsp3) is 0.246. The number of carboxylic acid groups (broad SMARTS) is 1. The van der Waals surface area contributed by atoms with Gasteiger partial charge in [-0.15, -0.1) is 30.6 Å². The van der Waals surface area contributed by atoms with Gasteiger partial charge in [0.2, 0.25) is 31.4 Å². The average Bonchev–Trinajstić information content (AvgIpc) is 3.54. The van der Waals surface area contributed by atoms with E-state index in [0.29, 0.717) is 48.6 Å². The molecule has 90 heavy (non-hydrogen) atoms. The minimum atomic E-state index is -1.17. The van der Waals surface area contributed by atoms with Crippen LogP contribution in [0.25, 0.3) is 34.4 Å². The van der Waals surface area contributed by atoms with Crippen molar-refractivity contribution in [3.8, 4) is 51.6 Å². The van der Waals surface area contributed by atoms with Gasteiger partial charge < -0.3 is 63.5 Å². The van der Waals surface area contributed by atoms with E-state index in [4.69, 9.17) is 81.8 Å². The summed E-state index contributed by atoms with van der Waals surface area (Å²) in [6.07, 6.45) is 3.78. The van der Waals surface area contributed by atoms with Crippen LogP contribution in [0.2, 0.25) is 15.1 Å². The average molecular weight is 1420 g/mol. The molecule has 0 aliphatic carbocycles. The summed E-state index contributed by atoms with van der Waals surface area (Å²) >= 11 is 21.0. The number of methoxy groups -OCH3 is 3. The topological polar surface area (TPSA) is 313 Å². The normalized spacial score (nSPS) is 11.9. The number of ether oxygens (including phenoxy) is 6. The third-order valence-corrected chi connectivity index (χ3v) is 12.2. The van der Waals surface area contributed by atoms with Crippen LogP contribution < -0.4 is 118 Å². The van der Waals surface area contributed by atoms with E-state index in [1.165, 1.54) is 39.5 Å². The second-order valence-electron chi connectivity index (χ2n) is 16.0. The molecule has 0 saturated carbocycles. The van der Waals surface area contributed by atoms with Crippen LogP contribution in [-0.2, 0) is 43.0 Å². The van der Waals surface area contributed by atoms with Crippen LogP contribution >= 0.6 is 50.7 Å². The van der Waals surface area contributed by atoms with Gasteiger partial charge in [0, 0.05) is 46.3 Å². The van der Waals surface area contributed by atoms with Crippen molar-refractivity contribution in [3.05, 3.63) is 197 Å². The first kappa shape index (κ1) is 88.7. The van der Waals surface area contributed by atoms with E-state index in [1.807, 2.05) is 48.5 Å². The van der Waals surface area contributed by atoms with Crippen LogP contribution in [0.3, 0.4) is 0 Å². The van der Waals surface area contributed by atoms with Crippen LogP contribution in [0, 0.1) is 0 Å². The first-order valence-corrected chi connectivity index (χ1v) is 26.0. The van der Waals surface area contributed by atoms with Crippen molar-refractivity contribution < 1.29 is 185 Å². The number of aromatic nitrogens is 6. The number of aliphatic carboxylic acids is 1. The molecule has 0 radical (unpaired) electrons. The fourth-order valence-electron chi connectivity index (χ4n) is 6.82. The van der Waals surface area contributed by atoms with Gasteiger partial charge in [-0.3, -0.25) is 9.59 Å². The smallest absolute Gasteiger partial charge is 1.00 e. The zero-order chi connectivity index (χ0) is 59.9. The third-order valence-electron chi connectivity index (χ3n) is 10.6. The van der Waals surface area contributed by atoms with Crippen molar-refractivity contribution in [2.45, 2.75) is 73.3 Å².